The lowest BCUT2D eigenvalue weighted by molar-refractivity contribution is -0.151. The van der Waals surface area contributed by atoms with Gasteiger partial charge >= 0.3 is 0 Å². The molecule has 12 heavy (non-hydrogen) atoms. The Balaban J connectivity index is 1.83. The second kappa shape index (κ2) is 2.46. The molecule has 0 bridgehead atoms. The van der Waals surface area contributed by atoms with Crippen LogP contribution in [0, 0.1) is 12.3 Å². The van der Waals surface area contributed by atoms with Gasteiger partial charge < -0.3 is 10.0 Å². The van der Waals surface area contributed by atoms with Crippen LogP contribution in [-0.4, -0.2) is 34.6 Å². The summed E-state index contributed by atoms with van der Waals surface area (Å²) in [5.41, 5.74) is -0.574. The monoisotopic (exact) mass is 168 g/mol. The number of likely N-dealkylation sites (tertiary alicyclic amines) is 1. The molecule has 1 saturated heterocycles. The maximum Gasteiger partial charge on any atom is 0.225 e. The maximum absolute atomic E-state index is 11.5. The van der Waals surface area contributed by atoms with Gasteiger partial charge in [0.15, 0.2) is 0 Å². The maximum atomic E-state index is 11.5. The van der Waals surface area contributed by atoms with Crippen molar-refractivity contribution in [3.05, 3.63) is 6.42 Å². The largest absolute Gasteiger partial charge is 0.390 e. The van der Waals surface area contributed by atoms with Crippen molar-refractivity contribution in [1.29, 1.82) is 0 Å². The summed E-state index contributed by atoms with van der Waals surface area (Å²) < 4.78 is 0. The number of carbonyl (C=O) groups is 1. The van der Waals surface area contributed by atoms with Crippen LogP contribution < -0.4 is 0 Å². The minimum atomic E-state index is -0.574. The quantitative estimate of drug-likeness (QED) is 0.607. The minimum absolute atomic E-state index is 0.0914. The van der Waals surface area contributed by atoms with E-state index in [9.17, 15) is 9.90 Å². The van der Waals surface area contributed by atoms with Gasteiger partial charge in [0.1, 0.15) is 0 Å². The van der Waals surface area contributed by atoms with Gasteiger partial charge in [0.05, 0.1) is 5.60 Å². The fourth-order valence-corrected chi connectivity index (χ4v) is 1.87. The third kappa shape index (κ3) is 1.22. The van der Waals surface area contributed by atoms with E-state index < -0.39 is 5.60 Å². The van der Waals surface area contributed by atoms with Crippen molar-refractivity contribution >= 4 is 5.91 Å². The Bertz CT molecular complexity index is 201. The lowest BCUT2D eigenvalue weighted by Gasteiger charge is -2.44. The molecule has 1 N–H and O–H groups in total. The third-order valence-corrected chi connectivity index (χ3v) is 2.73. The van der Waals surface area contributed by atoms with Gasteiger partial charge in [0, 0.05) is 25.4 Å². The van der Waals surface area contributed by atoms with Gasteiger partial charge in [0.2, 0.25) is 5.91 Å². The molecule has 0 atom stereocenters. The van der Waals surface area contributed by atoms with Crippen molar-refractivity contribution in [3.63, 3.8) is 0 Å². The average molecular weight is 168 g/mol. The van der Waals surface area contributed by atoms with E-state index in [1.807, 2.05) is 4.90 Å². The van der Waals surface area contributed by atoms with Crippen molar-refractivity contribution in [2.45, 2.75) is 25.4 Å². The normalized spacial score (nSPS) is 40.2. The minimum Gasteiger partial charge on any atom is -0.390 e. The van der Waals surface area contributed by atoms with E-state index >= 15 is 0 Å². The summed E-state index contributed by atoms with van der Waals surface area (Å²) in [5.74, 6) is 0.317. The molecule has 0 aromatic heterocycles. The van der Waals surface area contributed by atoms with Gasteiger partial charge in [-0.05, 0) is 19.8 Å². The zero-order valence-corrected chi connectivity index (χ0v) is 7.29. The highest BCUT2D eigenvalue weighted by atomic mass is 16.3. The van der Waals surface area contributed by atoms with E-state index in [4.69, 9.17) is 0 Å². The Kier molecular flexibility index (Phi) is 1.65. The van der Waals surface area contributed by atoms with E-state index in [0.717, 1.165) is 13.1 Å². The smallest absolute Gasteiger partial charge is 0.225 e. The molecule has 3 heteroatoms. The van der Waals surface area contributed by atoms with Gasteiger partial charge in [0.25, 0.3) is 0 Å². The van der Waals surface area contributed by atoms with Crippen LogP contribution in [0.15, 0.2) is 0 Å². The average Bonchev–Trinajstić information content (AvgIpc) is 1.77. The van der Waals surface area contributed by atoms with Gasteiger partial charge in [-0.2, -0.15) is 0 Å². The van der Waals surface area contributed by atoms with Crippen molar-refractivity contribution in [3.8, 4) is 0 Å². The highest BCUT2D eigenvalue weighted by molar-refractivity contribution is 5.81. The molecule has 1 radical (unpaired) electrons. The molecule has 1 aliphatic heterocycles. The molecule has 1 amide bonds. The number of rotatable bonds is 1. The van der Waals surface area contributed by atoms with Crippen LogP contribution in [0.3, 0.4) is 0 Å². The van der Waals surface area contributed by atoms with E-state index in [-0.39, 0.29) is 11.8 Å². The van der Waals surface area contributed by atoms with Crippen LogP contribution in [-0.2, 0) is 4.79 Å². The Morgan fingerprint density at radius 2 is 2.17 bits per heavy atom. The number of hydrogen-bond acceptors (Lipinski definition) is 2. The summed E-state index contributed by atoms with van der Waals surface area (Å²) in [5, 5.41) is 9.43. The number of nitrogens with zero attached hydrogens (tertiary/aromatic N) is 1. The SMILES string of the molecule is CC1(O)CC(C(=O)N2C[CH]C2)C1. The molecular weight excluding hydrogens is 154 g/mol. The fourth-order valence-electron chi connectivity index (χ4n) is 1.87. The summed E-state index contributed by atoms with van der Waals surface area (Å²) in [7, 11) is 0. The van der Waals surface area contributed by atoms with Crippen LogP contribution >= 0.6 is 0 Å². The number of amides is 1. The zero-order chi connectivity index (χ0) is 8.77. The molecule has 0 aromatic carbocycles. The molecule has 2 fully saturated rings. The molecule has 1 saturated carbocycles. The highest BCUT2D eigenvalue weighted by Gasteiger charge is 2.44. The van der Waals surface area contributed by atoms with Gasteiger partial charge in [-0.3, -0.25) is 4.79 Å². The first-order valence-electron chi connectivity index (χ1n) is 4.41. The second-order valence-corrected chi connectivity index (χ2v) is 4.13. The summed E-state index contributed by atoms with van der Waals surface area (Å²) in [6.07, 6.45) is 3.36. The lowest BCUT2D eigenvalue weighted by atomic mass is 9.71. The first kappa shape index (κ1) is 8.05. The van der Waals surface area contributed by atoms with Crippen LogP contribution in [0.2, 0.25) is 0 Å². The topological polar surface area (TPSA) is 40.5 Å². The molecule has 2 aliphatic rings. The summed E-state index contributed by atoms with van der Waals surface area (Å²) in [6, 6.07) is 0. The van der Waals surface area contributed by atoms with Gasteiger partial charge in [-0.1, -0.05) is 0 Å². The summed E-state index contributed by atoms with van der Waals surface area (Å²) in [6.45, 7) is 3.40. The van der Waals surface area contributed by atoms with Crippen LogP contribution in [0.4, 0.5) is 0 Å². The van der Waals surface area contributed by atoms with Gasteiger partial charge in [-0.25, -0.2) is 0 Å². The molecule has 0 unspecified atom stereocenters. The molecule has 0 aromatic rings. The predicted octanol–water partition coefficient (Wildman–Crippen LogP) is 0.194. The zero-order valence-electron chi connectivity index (χ0n) is 7.29. The van der Waals surface area contributed by atoms with E-state index in [1.54, 1.807) is 6.92 Å². The van der Waals surface area contributed by atoms with Crippen molar-refractivity contribution in [2.24, 2.45) is 5.92 Å². The number of carbonyl (C=O) groups excluding carboxylic acids is 1. The molecule has 0 spiro atoms. The molecular formula is C9H14NO2. The lowest BCUT2D eigenvalue weighted by Crippen LogP contribution is -2.53. The standard InChI is InChI=1S/C9H14NO2/c1-9(12)5-7(6-9)8(11)10-3-2-4-10/h2,7,12H,3-6H2,1H3. The van der Waals surface area contributed by atoms with E-state index in [0.29, 0.717) is 12.8 Å². The first-order valence-corrected chi connectivity index (χ1v) is 4.41. The van der Waals surface area contributed by atoms with Crippen LogP contribution in [0.25, 0.3) is 0 Å². The molecule has 2 rings (SSSR count). The summed E-state index contributed by atoms with van der Waals surface area (Å²) >= 11 is 0. The Morgan fingerprint density at radius 3 is 2.50 bits per heavy atom. The fraction of sp³-hybridized carbons (Fsp3) is 0.778. The van der Waals surface area contributed by atoms with Crippen LogP contribution in [0.5, 0.6) is 0 Å². The first-order chi connectivity index (χ1) is 5.58. The predicted molar refractivity (Wildman–Crippen MR) is 44.2 cm³/mol. The van der Waals surface area contributed by atoms with Crippen molar-refractivity contribution < 1.29 is 9.90 Å². The van der Waals surface area contributed by atoms with Crippen LogP contribution in [0.1, 0.15) is 19.8 Å². The highest BCUT2D eigenvalue weighted by Crippen LogP contribution is 2.38. The molecule has 67 valence electrons. The number of aliphatic hydroxyl groups is 1. The van der Waals surface area contributed by atoms with Gasteiger partial charge in [-0.15, -0.1) is 0 Å². The van der Waals surface area contributed by atoms with Crippen molar-refractivity contribution in [1.82, 2.24) is 4.90 Å². The Hall–Kier alpha value is -0.570. The second-order valence-electron chi connectivity index (χ2n) is 4.13. The van der Waals surface area contributed by atoms with E-state index in [1.165, 1.54) is 0 Å². The van der Waals surface area contributed by atoms with E-state index in [2.05, 4.69) is 6.42 Å². The summed E-state index contributed by atoms with van der Waals surface area (Å²) in [4.78, 5) is 13.3. The molecule has 3 nitrogen and oxygen atoms in total. The molecule has 1 aliphatic carbocycles. The molecule has 1 heterocycles. The third-order valence-electron chi connectivity index (χ3n) is 2.73. The number of hydrogen-bond donors (Lipinski definition) is 1. The Morgan fingerprint density at radius 1 is 1.58 bits per heavy atom. The van der Waals surface area contributed by atoms with Crippen molar-refractivity contribution in [2.75, 3.05) is 13.1 Å². The Labute approximate surface area is 72.4 Å².